The summed E-state index contributed by atoms with van der Waals surface area (Å²) in [6, 6.07) is 10.1. The van der Waals surface area contributed by atoms with Crippen molar-refractivity contribution in [1.82, 2.24) is 20.3 Å². The van der Waals surface area contributed by atoms with Gasteiger partial charge >= 0.3 is 6.01 Å². The van der Waals surface area contributed by atoms with Crippen LogP contribution in [0.15, 0.2) is 30.3 Å². The highest BCUT2D eigenvalue weighted by Crippen LogP contribution is 2.24. The first-order valence-electron chi connectivity index (χ1n) is 9.97. The number of aryl methyl sites for hydroxylation is 2. The topological polar surface area (TPSA) is 89.1 Å². The third-order valence-corrected chi connectivity index (χ3v) is 5.32. The smallest absolute Gasteiger partial charge is 0.317 e. The Balaban J connectivity index is 1.32. The van der Waals surface area contributed by atoms with Gasteiger partial charge in [-0.3, -0.25) is 4.79 Å². The van der Waals surface area contributed by atoms with E-state index in [4.69, 9.17) is 9.47 Å². The van der Waals surface area contributed by atoms with E-state index in [0.29, 0.717) is 11.7 Å². The van der Waals surface area contributed by atoms with Crippen molar-refractivity contribution in [1.29, 1.82) is 0 Å². The van der Waals surface area contributed by atoms with E-state index in [-0.39, 0.29) is 18.1 Å². The highest BCUT2D eigenvalue weighted by Gasteiger charge is 2.25. The van der Waals surface area contributed by atoms with Gasteiger partial charge in [0.1, 0.15) is 17.5 Å². The Bertz CT molecular complexity index is 1000. The molecule has 1 saturated carbocycles. The van der Waals surface area contributed by atoms with Crippen molar-refractivity contribution in [3.63, 3.8) is 0 Å². The molecule has 2 N–H and O–H groups in total. The second kappa shape index (κ2) is 8.11. The van der Waals surface area contributed by atoms with Gasteiger partial charge in [0.05, 0.1) is 7.11 Å². The third kappa shape index (κ3) is 4.50. The Labute approximate surface area is 169 Å². The van der Waals surface area contributed by atoms with Crippen LogP contribution in [-0.4, -0.2) is 40.1 Å². The van der Waals surface area contributed by atoms with Crippen LogP contribution in [0.4, 0.5) is 0 Å². The number of carbonyl (C=O) groups excluding carboxylic acids is 1. The molecule has 1 amide bonds. The first kappa shape index (κ1) is 19.2. The van der Waals surface area contributed by atoms with Crippen LogP contribution in [0.25, 0.3) is 10.9 Å². The number of aromatic amines is 1. The summed E-state index contributed by atoms with van der Waals surface area (Å²) in [5.41, 5.74) is 3.27. The van der Waals surface area contributed by atoms with Gasteiger partial charge in [-0.1, -0.05) is 0 Å². The van der Waals surface area contributed by atoms with Crippen molar-refractivity contribution in [3.8, 4) is 11.8 Å². The van der Waals surface area contributed by atoms with E-state index in [1.165, 1.54) is 0 Å². The number of amides is 1. The number of aromatic nitrogens is 3. The zero-order valence-corrected chi connectivity index (χ0v) is 17.0. The highest BCUT2D eigenvalue weighted by molar-refractivity contribution is 5.98. The Morgan fingerprint density at radius 1 is 1.07 bits per heavy atom. The van der Waals surface area contributed by atoms with Crippen LogP contribution in [-0.2, 0) is 0 Å². The van der Waals surface area contributed by atoms with Gasteiger partial charge in [0.2, 0.25) is 0 Å². The number of nitrogens with one attached hydrogen (secondary N) is 2. The molecule has 0 unspecified atom stereocenters. The number of hydrogen-bond acceptors (Lipinski definition) is 5. The normalized spacial score (nSPS) is 19.1. The first-order valence-corrected chi connectivity index (χ1v) is 9.97. The Hall–Kier alpha value is -3.09. The fraction of sp³-hybridized carbons (Fsp3) is 0.409. The maximum atomic E-state index is 12.7. The molecule has 3 aromatic rings. The van der Waals surface area contributed by atoms with Gasteiger partial charge in [-0.05, 0) is 63.8 Å². The lowest BCUT2D eigenvalue weighted by Crippen LogP contribution is -2.40. The maximum absolute atomic E-state index is 12.7. The van der Waals surface area contributed by atoms with Crippen LogP contribution in [0, 0.1) is 13.8 Å². The van der Waals surface area contributed by atoms with Crippen LogP contribution in [0.1, 0.15) is 47.6 Å². The van der Waals surface area contributed by atoms with Crippen molar-refractivity contribution in [2.75, 3.05) is 7.11 Å². The number of fused-ring (bicyclic) bond motifs is 1. The second-order valence-corrected chi connectivity index (χ2v) is 7.63. The molecule has 29 heavy (non-hydrogen) atoms. The quantitative estimate of drug-likeness (QED) is 0.689. The van der Waals surface area contributed by atoms with Crippen LogP contribution < -0.4 is 14.8 Å². The van der Waals surface area contributed by atoms with Gasteiger partial charge in [0, 0.05) is 34.4 Å². The van der Waals surface area contributed by atoms with E-state index in [9.17, 15) is 4.79 Å². The summed E-state index contributed by atoms with van der Waals surface area (Å²) in [5, 5.41) is 4.13. The molecule has 152 valence electrons. The molecule has 2 aromatic heterocycles. The summed E-state index contributed by atoms with van der Waals surface area (Å²) in [5.74, 6) is 0.680. The molecule has 0 saturated heterocycles. The molecule has 0 spiro atoms. The Kier molecular flexibility index (Phi) is 5.38. The van der Waals surface area contributed by atoms with E-state index in [1.54, 1.807) is 7.11 Å². The zero-order chi connectivity index (χ0) is 20.4. The van der Waals surface area contributed by atoms with Crippen LogP contribution in [0.2, 0.25) is 0 Å². The molecule has 4 rings (SSSR count). The number of H-pyrrole nitrogens is 1. The van der Waals surface area contributed by atoms with Crippen molar-refractivity contribution in [2.45, 2.75) is 51.7 Å². The molecule has 7 nitrogen and oxygen atoms in total. The van der Waals surface area contributed by atoms with Gasteiger partial charge in [0.15, 0.2) is 0 Å². The summed E-state index contributed by atoms with van der Waals surface area (Å²) in [6.07, 6.45) is 3.56. The fourth-order valence-corrected chi connectivity index (χ4v) is 3.84. The largest absolute Gasteiger partial charge is 0.497 e. The van der Waals surface area contributed by atoms with Crippen molar-refractivity contribution < 1.29 is 14.3 Å². The SMILES string of the molecule is COc1ccc2cc(C(=O)NC3CCC(Oc4nc(C)cc(C)n4)CC3)[nH]c2c1. The van der Waals surface area contributed by atoms with Crippen LogP contribution >= 0.6 is 0 Å². The average molecular weight is 394 g/mol. The summed E-state index contributed by atoms with van der Waals surface area (Å²) in [7, 11) is 1.63. The maximum Gasteiger partial charge on any atom is 0.317 e. The van der Waals surface area contributed by atoms with Gasteiger partial charge < -0.3 is 19.8 Å². The Morgan fingerprint density at radius 3 is 2.48 bits per heavy atom. The minimum atomic E-state index is -0.0813. The molecule has 1 aliphatic carbocycles. The summed E-state index contributed by atoms with van der Waals surface area (Å²) >= 11 is 0. The molecule has 7 heteroatoms. The van der Waals surface area contributed by atoms with Gasteiger partial charge in [-0.25, -0.2) is 9.97 Å². The van der Waals surface area contributed by atoms with Crippen LogP contribution in [0.5, 0.6) is 11.8 Å². The standard InChI is InChI=1S/C22H26N4O3/c1-13-10-14(2)24-22(23-13)29-17-8-5-16(6-9-17)25-21(27)20-11-15-4-7-18(28-3)12-19(15)26-20/h4,7,10-12,16-17,26H,5-6,8-9H2,1-3H3,(H,25,27). The number of ether oxygens (including phenoxy) is 2. The van der Waals surface area contributed by atoms with E-state index >= 15 is 0 Å². The van der Waals surface area contributed by atoms with Gasteiger partial charge in [-0.15, -0.1) is 0 Å². The molecule has 1 aromatic carbocycles. The second-order valence-electron chi connectivity index (χ2n) is 7.63. The zero-order valence-electron chi connectivity index (χ0n) is 17.0. The van der Waals surface area contributed by atoms with Crippen LogP contribution in [0.3, 0.4) is 0 Å². The Morgan fingerprint density at radius 2 is 1.79 bits per heavy atom. The predicted octanol–water partition coefficient (Wildman–Crippen LogP) is 3.70. The summed E-state index contributed by atoms with van der Waals surface area (Å²) in [4.78, 5) is 24.5. The predicted molar refractivity (Wildman–Crippen MR) is 110 cm³/mol. The molecule has 2 heterocycles. The number of benzene rings is 1. The number of carbonyl (C=O) groups is 1. The molecule has 0 aliphatic heterocycles. The molecule has 1 fully saturated rings. The van der Waals surface area contributed by atoms with Crippen molar-refractivity contribution in [3.05, 3.63) is 47.4 Å². The number of hydrogen-bond donors (Lipinski definition) is 2. The molecular weight excluding hydrogens is 368 g/mol. The summed E-state index contributed by atoms with van der Waals surface area (Å²) < 4.78 is 11.2. The van der Waals surface area contributed by atoms with Crippen molar-refractivity contribution >= 4 is 16.8 Å². The monoisotopic (exact) mass is 394 g/mol. The molecule has 1 aliphatic rings. The van der Waals surface area contributed by atoms with Gasteiger partial charge in [-0.2, -0.15) is 0 Å². The van der Waals surface area contributed by atoms with Gasteiger partial charge in [0.25, 0.3) is 5.91 Å². The van der Waals surface area contributed by atoms with E-state index in [2.05, 4.69) is 20.3 Å². The first-order chi connectivity index (χ1) is 14.0. The molecule has 0 atom stereocenters. The number of rotatable bonds is 5. The van der Waals surface area contributed by atoms with E-state index < -0.39 is 0 Å². The lowest BCUT2D eigenvalue weighted by atomic mass is 9.93. The number of methoxy groups -OCH3 is 1. The number of nitrogens with zero attached hydrogens (tertiary/aromatic N) is 2. The minimum absolute atomic E-state index is 0.0813. The average Bonchev–Trinajstić information content (AvgIpc) is 3.12. The lowest BCUT2D eigenvalue weighted by Gasteiger charge is -2.28. The molecular formula is C22H26N4O3. The minimum Gasteiger partial charge on any atom is -0.497 e. The van der Waals surface area contributed by atoms with Crippen molar-refractivity contribution in [2.24, 2.45) is 0 Å². The fourth-order valence-electron chi connectivity index (χ4n) is 3.84. The molecule has 0 radical (unpaired) electrons. The third-order valence-electron chi connectivity index (χ3n) is 5.32. The molecule has 0 bridgehead atoms. The summed E-state index contributed by atoms with van der Waals surface area (Å²) in [6.45, 7) is 3.88. The highest BCUT2D eigenvalue weighted by atomic mass is 16.5. The van der Waals surface area contributed by atoms with E-state index in [0.717, 1.165) is 53.7 Å². The van der Waals surface area contributed by atoms with E-state index in [1.807, 2.05) is 44.2 Å². The lowest BCUT2D eigenvalue weighted by molar-refractivity contribution is 0.0880.